The predicted molar refractivity (Wildman–Crippen MR) is 95.8 cm³/mol. The summed E-state index contributed by atoms with van der Waals surface area (Å²) in [5.74, 6) is 0.811. The highest BCUT2D eigenvalue weighted by atomic mass is 16.5. The van der Waals surface area contributed by atoms with Crippen molar-refractivity contribution in [2.45, 2.75) is 25.9 Å². The summed E-state index contributed by atoms with van der Waals surface area (Å²) in [5, 5.41) is 2.68. The van der Waals surface area contributed by atoms with Gasteiger partial charge in [0.15, 0.2) is 0 Å². The fourth-order valence-electron chi connectivity index (χ4n) is 2.89. The lowest BCUT2D eigenvalue weighted by molar-refractivity contribution is -0.132. The van der Waals surface area contributed by atoms with Crippen molar-refractivity contribution in [3.05, 3.63) is 54.0 Å². The van der Waals surface area contributed by atoms with Gasteiger partial charge in [0.1, 0.15) is 11.9 Å². The Kier molecular flexibility index (Phi) is 5.78. The Morgan fingerprint density at radius 3 is 2.85 bits per heavy atom. The van der Waals surface area contributed by atoms with E-state index in [9.17, 15) is 9.59 Å². The quantitative estimate of drug-likeness (QED) is 0.881. The molecule has 1 aromatic heterocycles. The van der Waals surface area contributed by atoms with Crippen molar-refractivity contribution >= 4 is 11.8 Å². The number of ether oxygens (including phenoxy) is 1. The van der Waals surface area contributed by atoms with Crippen LogP contribution in [0.15, 0.2) is 42.6 Å². The van der Waals surface area contributed by atoms with Gasteiger partial charge in [-0.2, -0.15) is 4.98 Å². The SMILES string of the molecule is Cc1nccc(OC2CCCN(C(=O)CNC(=O)c3ccccc3)C2)n1. The minimum absolute atomic E-state index is 0.0208. The number of likely N-dealkylation sites (tertiary alicyclic amines) is 1. The summed E-state index contributed by atoms with van der Waals surface area (Å²) < 4.78 is 5.88. The molecular formula is C19H22N4O3. The Labute approximate surface area is 152 Å². The molecule has 0 aliphatic carbocycles. The van der Waals surface area contributed by atoms with Gasteiger partial charge in [-0.1, -0.05) is 18.2 Å². The minimum Gasteiger partial charge on any atom is -0.472 e. The molecule has 0 saturated carbocycles. The molecule has 0 bridgehead atoms. The van der Waals surface area contributed by atoms with Crippen molar-refractivity contribution in [2.24, 2.45) is 0 Å². The van der Waals surface area contributed by atoms with E-state index in [0.717, 1.165) is 12.8 Å². The molecule has 1 saturated heterocycles. The van der Waals surface area contributed by atoms with Crippen molar-refractivity contribution in [3.63, 3.8) is 0 Å². The maximum Gasteiger partial charge on any atom is 0.251 e. The second-order valence-electron chi connectivity index (χ2n) is 6.21. The van der Waals surface area contributed by atoms with Gasteiger partial charge in [-0.05, 0) is 31.9 Å². The second-order valence-corrected chi connectivity index (χ2v) is 6.21. The zero-order valence-corrected chi connectivity index (χ0v) is 14.7. The predicted octanol–water partition coefficient (Wildman–Crippen LogP) is 1.58. The molecular weight excluding hydrogens is 332 g/mol. The van der Waals surface area contributed by atoms with Crippen LogP contribution in [-0.2, 0) is 4.79 Å². The van der Waals surface area contributed by atoms with Gasteiger partial charge in [0.05, 0.1) is 13.1 Å². The highest BCUT2D eigenvalue weighted by molar-refractivity contribution is 5.96. The Morgan fingerprint density at radius 1 is 1.27 bits per heavy atom. The van der Waals surface area contributed by atoms with Gasteiger partial charge < -0.3 is 15.0 Å². The molecule has 2 aromatic rings. The molecule has 0 spiro atoms. The van der Waals surface area contributed by atoms with E-state index in [0.29, 0.717) is 30.4 Å². The number of aromatic nitrogens is 2. The van der Waals surface area contributed by atoms with Crippen LogP contribution in [0.2, 0.25) is 0 Å². The van der Waals surface area contributed by atoms with Crippen LogP contribution in [0, 0.1) is 6.92 Å². The van der Waals surface area contributed by atoms with Crippen molar-refractivity contribution in [1.82, 2.24) is 20.2 Å². The van der Waals surface area contributed by atoms with Crippen LogP contribution >= 0.6 is 0 Å². The third-order valence-electron chi connectivity index (χ3n) is 4.20. The van der Waals surface area contributed by atoms with Gasteiger partial charge >= 0.3 is 0 Å². The van der Waals surface area contributed by atoms with Crippen molar-refractivity contribution in [3.8, 4) is 5.88 Å². The Balaban J connectivity index is 1.50. The van der Waals surface area contributed by atoms with Crippen LogP contribution < -0.4 is 10.1 Å². The standard InChI is InChI=1S/C19H22N4O3/c1-14-20-10-9-17(22-14)26-16-8-5-11-23(13-16)18(24)12-21-19(25)15-6-3-2-4-7-15/h2-4,6-7,9-10,16H,5,8,11-13H2,1H3,(H,21,25). The van der Waals surface area contributed by atoms with Crippen LogP contribution in [0.25, 0.3) is 0 Å². The topological polar surface area (TPSA) is 84.4 Å². The maximum absolute atomic E-state index is 12.4. The molecule has 1 N–H and O–H groups in total. The lowest BCUT2D eigenvalue weighted by atomic mass is 10.1. The number of aryl methyl sites for hydroxylation is 1. The van der Waals surface area contributed by atoms with E-state index in [1.807, 2.05) is 6.07 Å². The average Bonchev–Trinajstić information content (AvgIpc) is 2.67. The van der Waals surface area contributed by atoms with Gasteiger partial charge in [0, 0.05) is 24.4 Å². The van der Waals surface area contributed by atoms with Crippen LogP contribution in [0.5, 0.6) is 5.88 Å². The van der Waals surface area contributed by atoms with Crippen LogP contribution in [-0.4, -0.2) is 52.4 Å². The number of carbonyl (C=O) groups is 2. The first-order valence-electron chi connectivity index (χ1n) is 8.69. The first kappa shape index (κ1) is 17.8. The van der Waals surface area contributed by atoms with Crippen molar-refractivity contribution in [1.29, 1.82) is 0 Å². The van der Waals surface area contributed by atoms with Gasteiger partial charge in [0.2, 0.25) is 11.8 Å². The molecule has 1 aliphatic heterocycles. The number of benzene rings is 1. The molecule has 1 unspecified atom stereocenters. The molecule has 26 heavy (non-hydrogen) atoms. The maximum atomic E-state index is 12.4. The van der Waals surface area contributed by atoms with E-state index in [-0.39, 0.29) is 24.5 Å². The summed E-state index contributed by atoms with van der Waals surface area (Å²) in [5.41, 5.74) is 0.541. The third kappa shape index (κ3) is 4.78. The number of nitrogens with one attached hydrogen (secondary N) is 1. The Morgan fingerprint density at radius 2 is 2.08 bits per heavy atom. The van der Waals surface area contributed by atoms with E-state index < -0.39 is 0 Å². The molecule has 1 atom stereocenters. The third-order valence-corrected chi connectivity index (χ3v) is 4.20. The molecule has 2 heterocycles. The zero-order chi connectivity index (χ0) is 18.4. The van der Waals surface area contributed by atoms with E-state index in [4.69, 9.17) is 4.74 Å². The first-order valence-corrected chi connectivity index (χ1v) is 8.69. The molecule has 2 amide bonds. The summed E-state index contributed by atoms with van der Waals surface area (Å²) in [7, 11) is 0. The van der Waals surface area contributed by atoms with Crippen molar-refractivity contribution in [2.75, 3.05) is 19.6 Å². The lowest BCUT2D eigenvalue weighted by Crippen LogP contribution is -2.48. The molecule has 7 nitrogen and oxygen atoms in total. The number of carbonyl (C=O) groups excluding carboxylic acids is 2. The van der Waals surface area contributed by atoms with Gasteiger partial charge in [0.25, 0.3) is 5.91 Å². The van der Waals surface area contributed by atoms with Gasteiger partial charge in [-0.25, -0.2) is 4.98 Å². The van der Waals surface area contributed by atoms with Gasteiger partial charge in [-0.15, -0.1) is 0 Å². The number of piperidine rings is 1. The van der Waals surface area contributed by atoms with E-state index >= 15 is 0 Å². The van der Waals surface area contributed by atoms with E-state index in [1.165, 1.54) is 0 Å². The smallest absolute Gasteiger partial charge is 0.251 e. The first-order chi connectivity index (χ1) is 12.6. The molecule has 1 aliphatic rings. The summed E-state index contributed by atoms with van der Waals surface area (Å²) in [6.45, 7) is 2.94. The number of hydrogen-bond donors (Lipinski definition) is 1. The largest absolute Gasteiger partial charge is 0.472 e. The number of rotatable bonds is 5. The Hall–Kier alpha value is -2.96. The number of nitrogens with zero attached hydrogens (tertiary/aromatic N) is 3. The Bertz CT molecular complexity index is 766. The fraction of sp³-hybridized carbons (Fsp3) is 0.368. The average molecular weight is 354 g/mol. The monoisotopic (exact) mass is 354 g/mol. The van der Waals surface area contributed by atoms with Crippen molar-refractivity contribution < 1.29 is 14.3 Å². The van der Waals surface area contributed by atoms with Crippen LogP contribution in [0.1, 0.15) is 29.0 Å². The normalized spacial score (nSPS) is 16.8. The number of hydrogen-bond acceptors (Lipinski definition) is 5. The summed E-state index contributed by atoms with van der Waals surface area (Å²) in [6.07, 6.45) is 3.27. The highest BCUT2D eigenvalue weighted by Gasteiger charge is 2.25. The van der Waals surface area contributed by atoms with Crippen LogP contribution in [0.4, 0.5) is 0 Å². The van der Waals surface area contributed by atoms with E-state index in [2.05, 4.69) is 15.3 Å². The van der Waals surface area contributed by atoms with E-state index in [1.54, 1.807) is 48.4 Å². The molecule has 1 aromatic carbocycles. The molecule has 3 rings (SSSR count). The van der Waals surface area contributed by atoms with Gasteiger partial charge in [-0.3, -0.25) is 9.59 Å². The zero-order valence-electron chi connectivity index (χ0n) is 14.7. The molecule has 7 heteroatoms. The number of amides is 2. The highest BCUT2D eigenvalue weighted by Crippen LogP contribution is 2.16. The lowest BCUT2D eigenvalue weighted by Gasteiger charge is -2.32. The van der Waals surface area contributed by atoms with Crippen LogP contribution in [0.3, 0.4) is 0 Å². The summed E-state index contributed by atoms with van der Waals surface area (Å²) in [6, 6.07) is 10.6. The summed E-state index contributed by atoms with van der Waals surface area (Å²) >= 11 is 0. The molecule has 1 fully saturated rings. The molecule has 0 radical (unpaired) electrons. The molecule has 136 valence electrons. The fourth-order valence-corrected chi connectivity index (χ4v) is 2.89. The minimum atomic E-state index is -0.250. The summed E-state index contributed by atoms with van der Waals surface area (Å²) in [4.78, 5) is 34.5. The second kappa shape index (κ2) is 8.42.